The summed E-state index contributed by atoms with van der Waals surface area (Å²) in [6.07, 6.45) is 11.1. The van der Waals surface area contributed by atoms with Crippen molar-refractivity contribution in [2.24, 2.45) is 11.8 Å². The van der Waals surface area contributed by atoms with Gasteiger partial charge in [0.1, 0.15) is 0 Å². The topological polar surface area (TPSA) is 49.4 Å². The molecule has 180 valence electrons. The van der Waals surface area contributed by atoms with Crippen LogP contribution in [0.1, 0.15) is 84.0 Å². The number of carbonyl (C=O) groups is 2. The van der Waals surface area contributed by atoms with Crippen LogP contribution in [0, 0.1) is 25.7 Å². The number of aryl methyl sites for hydroxylation is 4. The minimum Gasteiger partial charge on any atom is -0.335 e. The van der Waals surface area contributed by atoms with Crippen molar-refractivity contribution in [2.45, 2.75) is 84.1 Å². The summed E-state index contributed by atoms with van der Waals surface area (Å²) in [5.74, 6) is 0.449. The molecule has 2 aromatic rings. The maximum absolute atomic E-state index is 13.9. The summed E-state index contributed by atoms with van der Waals surface area (Å²) < 4.78 is 0. The van der Waals surface area contributed by atoms with E-state index in [-0.39, 0.29) is 23.8 Å². The summed E-state index contributed by atoms with van der Waals surface area (Å²) in [7, 11) is 0. The molecule has 2 atom stereocenters. The van der Waals surface area contributed by atoms with Gasteiger partial charge >= 0.3 is 0 Å². The molecule has 0 bridgehead atoms. The first-order valence-electron chi connectivity index (χ1n) is 13.3. The molecule has 5 rings (SSSR count). The number of hydrogen-bond acceptors (Lipinski definition) is 2. The summed E-state index contributed by atoms with van der Waals surface area (Å²) in [4.78, 5) is 29.7. The summed E-state index contributed by atoms with van der Waals surface area (Å²) >= 11 is 0. The third kappa shape index (κ3) is 4.52. The number of amides is 2. The Bertz CT molecular complexity index is 1050. The fraction of sp³-hybridized carbons (Fsp3) is 0.533. The molecule has 2 unspecified atom stereocenters. The smallest absolute Gasteiger partial charge is 0.254 e. The van der Waals surface area contributed by atoms with E-state index in [1.165, 1.54) is 36.8 Å². The molecule has 1 saturated heterocycles. The molecular formula is C30H38N2O2. The van der Waals surface area contributed by atoms with E-state index in [1.54, 1.807) is 0 Å². The molecular weight excluding hydrogens is 420 g/mol. The van der Waals surface area contributed by atoms with Gasteiger partial charge in [0.2, 0.25) is 5.91 Å². The van der Waals surface area contributed by atoms with Crippen LogP contribution in [0.15, 0.2) is 36.4 Å². The van der Waals surface area contributed by atoms with E-state index in [0.717, 1.165) is 67.4 Å². The summed E-state index contributed by atoms with van der Waals surface area (Å²) in [5.41, 5.74) is 6.57. The Labute approximate surface area is 204 Å². The van der Waals surface area contributed by atoms with Crippen LogP contribution in [-0.2, 0) is 17.6 Å². The molecule has 2 aliphatic carbocycles. The first-order valence-corrected chi connectivity index (χ1v) is 13.3. The minimum absolute atomic E-state index is 0.0185. The lowest BCUT2D eigenvalue weighted by Gasteiger charge is -2.46. The van der Waals surface area contributed by atoms with Gasteiger partial charge < -0.3 is 10.2 Å². The summed E-state index contributed by atoms with van der Waals surface area (Å²) in [6, 6.07) is 12.4. The van der Waals surface area contributed by atoms with E-state index in [9.17, 15) is 9.59 Å². The average Bonchev–Trinajstić information content (AvgIpc) is 3.32. The minimum atomic E-state index is -0.154. The van der Waals surface area contributed by atoms with Crippen LogP contribution in [0.2, 0.25) is 0 Å². The molecule has 1 saturated carbocycles. The van der Waals surface area contributed by atoms with E-state index in [4.69, 9.17) is 0 Å². The van der Waals surface area contributed by atoms with Gasteiger partial charge in [-0.3, -0.25) is 9.59 Å². The number of nitrogens with zero attached hydrogens (tertiary/aromatic N) is 1. The second-order valence-electron chi connectivity index (χ2n) is 10.7. The third-order valence-electron chi connectivity index (χ3n) is 8.48. The largest absolute Gasteiger partial charge is 0.335 e. The lowest BCUT2D eigenvalue weighted by atomic mass is 9.74. The third-order valence-corrected chi connectivity index (χ3v) is 8.48. The van der Waals surface area contributed by atoms with Gasteiger partial charge in [-0.1, -0.05) is 43.5 Å². The molecule has 2 aromatic carbocycles. The number of piperidine rings is 1. The van der Waals surface area contributed by atoms with Gasteiger partial charge in [-0.15, -0.1) is 0 Å². The second kappa shape index (κ2) is 9.93. The van der Waals surface area contributed by atoms with Crippen LogP contribution in [0.4, 0.5) is 5.69 Å². The van der Waals surface area contributed by atoms with E-state index in [0.29, 0.717) is 5.92 Å². The van der Waals surface area contributed by atoms with Gasteiger partial charge in [0.15, 0.2) is 0 Å². The molecule has 4 heteroatoms. The van der Waals surface area contributed by atoms with Crippen molar-refractivity contribution in [1.29, 1.82) is 0 Å². The molecule has 2 fully saturated rings. The van der Waals surface area contributed by atoms with Crippen molar-refractivity contribution in [3.05, 3.63) is 64.2 Å². The predicted molar refractivity (Wildman–Crippen MR) is 137 cm³/mol. The normalized spacial score (nSPS) is 22.9. The van der Waals surface area contributed by atoms with Crippen LogP contribution in [-0.4, -0.2) is 29.3 Å². The number of likely N-dealkylation sites (tertiary alicyclic amines) is 1. The summed E-state index contributed by atoms with van der Waals surface area (Å²) in [6.45, 7) is 4.80. The number of anilines is 1. The highest BCUT2D eigenvalue weighted by molar-refractivity contribution is 5.99. The van der Waals surface area contributed by atoms with Crippen molar-refractivity contribution in [2.75, 3.05) is 11.9 Å². The fourth-order valence-electron chi connectivity index (χ4n) is 6.78. The van der Waals surface area contributed by atoms with Crippen molar-refractivity contribution >= 4 is 17.5 Å². The van der Waals surface area contributed by atoms with Crippen molar-refractivity contribution in [3.8, 4) is 0 Å². The van der Waals surface area contributed by atoms with Gasteiger partial charge in [0, 0.05) is 23.8 Å². The molecule has 3 aliphatic rings. The van der Waals surface area contributed by atoms with E-state index < -0.39 is 0 Å². The van der Waals surface area contributed by atoms with Crippen LogP contribution >= 0.6 is 0 Å². The van der Waals surface area contributed by atoms with Gasteiger partial charge in [-0.2, -0.15) is 0 Å². The Morgan fingerprint density at radius 2 is 1.59 bits per heavy atom. The van der Waals surface area contributed by atoms with Gasteiger partial charge in [-0.25, -0.2) is 0 Å². The maximum Gasteiger partial charge on any atom is 0.254 e. The van der Waals surface area contributed by atoms with Crippen molar-refractivity contribution in [3.63, 3.8) is 0 Å². The molecule has 2 amide bonds. The molecule has 4 nitrogen and oxygen atoms in total. The quantitative estimate of drug-likeness (QED) is 0.590. The van der Waals surface area contributed by atoms with E-state index >= 15 is 0 Å². The first kappa shape index (κ1) is 23.1. The number of fused-ring (bicyclic) bond motifs is 1. The molecule has 0 radical (unpaired) electrons. The summed E-state index contributed by atoms with van der Waals surface area (Å²) in [5, 5.41) is 3.26. The maximum atomic E-state index is 13.9. The van der Waals surface area contributed by atoms with E-state index in [1.807, 2.05) is 32.0 Å². The SMILES string of the molecule is Cc1cccc(C)c1C(=O)N1CCCC(C(=O)Nc2ccc3c(c2)CCC3)C1C1CCCCC1. The van der Waals surface area contributed by atoms with Crippen LogP contribution in [0.5, 0.6) is 0 Å². The molecule has 34 heavy (non-hydrogen) atoms. The van der Waals surface area contributed by atoms with Crippen LogP contribution < -0.4 is 5.32 Å². The Morgan fingerprint density at radius 1 is 0.853 bits per heavy atom. The van der Waals surface area contributed by atoms with Crippen molar-refractivity contribution in [1.82, 2.24) is 4.90 Å². The Kier molecular flexibility index (Phi) is 6.76. The second-order valence-corrected chi connectivity index (χ2v) is 10.7. The zero-order valence-electron chi connectivity index (χ0n) is 20.7. The van der Waals surface area contributed by atoms with Gasteiger partial charge in [0.25, 0.3) is 5.91 Å². The Hall–Kier alpha value is -2.62. The molecule has 1 N–H and O–H groups in total. The monoisotopic (exact) mass is 458 g/mol. The highest BCUT2D eigenvalue weighted by atomic mass is 16.2. The highest BCUT2D eigenvalue weighted by Gasteiger charge is 2.43. The highest BCUT2D eigenvalue weighted by Crippen LogP contribution is 2.38. The molecule has 0 aromatic heterocycles. The number of carbonyl (C=O) groups excluding carboxylic acids is 2. The van der Waals surface area contributed by atoms with Crippen LogP contribution in [0.25, 0.3) is 0 Å². The van der Waals surface area contributed by atoms with Crippen LogP contribution in [0.3, 0.4) is 0 Å². The molecule has 0 spiro atoms. The number of nitrogens with one attached hydrogen (secondary N) is 1. The lowest BCUT2D eigenvalue weighted by Crippen LogP contribution is -2.55. The number of benzene rings is 2. The fourth-order valence-corrected chi connectivity index (χ4v) is 6.78. The Morgan fingerprint density at radius 3 is 2.35 bits per heavy atom. The van der Waals surface area contributed by atoms with E-state index in [2.05, 4.69) is 28.4 Å². The molecule has 1 heterocycles. The number of hydrogen-bond donors (Lipinski definition) is 1. The first-order chi connectivity index (χ1) is 16.5. The Balaban J connectivity index is 1.43. The average molecular weight is 459 g/mol. The van der Waals surface area contributed by atoms with Gasteiger partial charge in [0.05, 0.1) is 5.92 Å². The number of rotatable bonds is 4. The predicted octanol–water partition coefficient (Wildman–Crippen LogP) is 6.23. The molecule has 1 aliphatic heterocycles. The standard InChI is InChI=1S/C30H38N2O2/c1-20-9-6-10-21(2)27(20)30(34)32-18-8-15-26(28(32)23-11-4-3-5-12-23)29(33)31-25-17-16-22-13-7-14-24(22)19-25/h6,9-10,16-17,19,23,26,28H,3-5,7-8,11-15,18H2,1-2H3,(H,31,33). The zero-order valence-corrected chi connectivity index (χ0v) is 20.7. The zero-order chi connectivity index (χ0) is 23.7. The lowest BCUT2D eigenvalue weighted by molar-refractivity contribution is -0.124. The van der Waals surface area contributed by atoms with Crippen molar-refractivity contribution < 1.29 is 9.59 Å². The van der Waals surface area contributed by atoms with Gasteiger partial charge in [-0.05, 0) is 99.1 Å².